The lowest BCUT2D eigenvalue weighted by Crippen LogP contribution is -2.30. The predicted octanol–water partition coefficient (Wildman–Crippen LogP) is 2.03. The third kappa shape index (κ3) is 5.12. The first-order valence-corrected chi connectivity index (χ1v) is 6.22. The van der Waals surface area contributed by atoms with E-state index in [-0.39, 0.29) is 12.4 Å². The summed E-state index contributed by atoms with van der Waals surface area (Å²) in [7, 11) is 1.62. The number of halogens is 2. The number of aliphatic hydroxyl groups excluding tert-OH is 1. The van der Waals surface area contributed by atoms with Crippen LogP contribution in [0.4, 0.5) is 4.39 Å². The first-order valence-electron chi connectivity index (χ1n) is 5.43. The zero-order valence-electron chi connectivity index (χ0n) is 9.83. The van der Waals surface area contributed by atoms with E-state index in [4.69, 9.17) is 9.84 Å². The Morgan fingerprint density at radius 2 is 2.18 bits per heavy atom. The van der Waals surface area contributed by atoms with Crippen molar-refractivity contribution in [3.63, 3.8) is 0 Å². The highest BCUT2D eigenvalue weighted by molar-refractivity contribution is 9.10. The van der Waals surface area contributed by atoms with Crippen LogP contribution in [0, 0.1) is 5.82 Å². The number of hydrogen-bond donors (Lipinski definition) is 1. The van der Waals surface area contributed by atoms with Crippen LogP contribution < -0.4 is 0 Å². The molecule has 0 aliphatic carbocycles. The molecule has 17 heavy (non-hydrogen) atoms. The fourth-order valence-corrected chi connectivity index (χ4v) is 1.95. The summed E-state index contributed by atoms with van der Waals surface area (Å²) >= 11 is 3.32. The molecule has 0 amide bonds. The number of benzene rings is 1. The van der Waals surface area contributed by atoms with Crippen molar-refractivity contribution in [2.24, 2.45) is 0 Å². The lowest BCUT2D eigenvalue weighted by molar-refractivity contribution is 0.126. The van der Waals surface area contributed by atoms with E-state index in [9.17, 15) is 4.39 Å². The maximum absolute atomic E-state index is 13.6. The van der Waals surface area contributed by atoms with Crippen LogP contribution >= 0.6 is 15.9 Å². The van der Waals surface area contributed by atoms with Gasteiger partial charge in [-0.3, -0.25) is 4.90 Å². The van der Waals surface area contributed by atoms with Crippen molar-refractivity contribution < 1.29 is 14.2 Å². The summed E-state index contributed by atoms with van der Waals surface area (Å²) in [6.07, 6.45) is 0. The SMILES string of the molecule is COCCN(CCO)Cc1cc(Br)ccc1F. The van der Waals surface area contributed by atoms with Crippen molar-refractivity contribution >= 4 is 15.9 Å². The van der Waals surface area contributed by atoms with Crippen LogP contribution in [0.25, 0.3) is 0 Å². The molecule has 0 heterocycles. The first kappa shape index (κ1) is 14.6. The topological polar surface area (TPSA) is 32.7 Å². The second kappa shape index (κ2) is 7.76. The number of rotatable bonds is 7. The molecule has 0 aliphatic rings. The van der Waals surface area contributed by atoms with Crippen LogP contribution in [-0.2, 0) is 11.3 Å². The Kier molecular flexibility index (Phi) is 6.65. The zero-order valence-corrected chi connectivity index (χ0v) is 11.4. The average molecular weight is 306 g/mol. The Morgan fingerprint density at radius 1 is 1.41 bits per heavy atom. The summed E-state index contributed by atoms with van der Waals surface area (Å²) in [6.45, 7) is 2.27. The van der Waals surface area contributed by atoms with Gasteiger partial charge in [0.2, 0.25) is 0 Å². The van der Waals surface area contributed by atoms with Crippen LogP contribution in [0.2, 0.25) is 0 Å². The van der Waals surface area contributed by atoms with E-state index in [0.29, 0.717) is 31.8 Å². The van der Waals surface area contributed by atoms with E-state index in [1.165, 1.54) is 6.07 Å². The fraction of sp³-hybridized carbons (Fsp3) is 0.500. The lowest BCUT2D eigenvalue weighted by atomic mass is 10.2. The molecule has 0 saturated heterocycles. The van der Waals surface area contributed by atoms with Crippen LogP contribution in [0.1, 0.15) is 5.56 Å². The molecule has 1 aromatic rings. The molecule has 0 bridgehead atoms. The van der Waals surface area contributed by atoms with Crippen LogP contribution in [-0.4, -0.2) is 43.4 Å². The third-order valence-electron chi connectivity index (χ3n) is 2.43. The number of ether oxygens (including phenoxy) is 1. The molecule has 3 nitrogen and oxygen atoms in total. The lowest BCUT2D eigenvalue weighted by Gasteiger charge is -2.21. The Balaban J connectivity index is 2.67. The van der Waals surface area contributed by atoms with E-state index in [1.54, 1.807) is 19.2 Å². The quantitative estimate of drug-likeness (QED) is 0.837. The van der Waals surface area contributed by atoms with Gasteiger partial charge in [0.25, 0.3) is 0 Å². The first-order chi connectivity index (χ1) is 8.17. The molecule has 5 heteroatoms. The van der Waals surface area contributed by atoms with Gasteiger partial charge in [-0.05, 0) is 18.2 Å². The summed E-state index contributed by atoms with van der Waals surface area (Å²) in [5.74, 6) is -0.228. The van der Waals surface area contributed by atoms with E-state index in [2.05, 4.69) is 15.9 Å². The second-order valence-corrected chi connectivity index (χ2v) is 4.64. The fourth-order valence-electron chi connectivity index (χ4n) is 1.54. The average Bonchev–Trinajstić information content (AvgIpc) is 2.31. The molecule has 0 atom stereocenters. The molecule has 0 aliphatic heterocycles. The summed E-state index contributed by atoms with van der Waals surface area (Å²) in [4.78, 5) is 1.95. The van der Waals surface area contributed by atoms with E-state index < -0.39 is 0 Å². The highest BCUT2D eigenvalue weighted by atomic mass is 79.9. The van der Waals surface area contributed by atoms with Gasteiger partial charge in [0.15, 0.2) is 0 Å². The van der Waals surface area contributed by atoms with Gasteiger partial charge in [0.05, 0.1) is 13.2 Å². The minimum atomic E-state index is -0.228. The molecular formula is C12H17BrFNO2. The van der Waals surface area contributed by atoms with E-state index in [0.717, 1.165) is 4.47 Å². The molecule has 0 saturated carbocycles. The van der Waals surface area contributed by atoms with Crippen molar-refractivity contribution in [2.75, 3.05) is 33.4 Å². The predicted molar refractivity (Wildman–Crippen MR) is 68.3 cm³/mol. The molecule has 0 unspecified atom stereocenters. The minimum absolute atomic E-state index is 0.0549. The zero-order chi connectivity index (χ0) is 12.7. The van der Waals surface area contributed by atoms with Gasteiger partial charge in [0, 0.05) is 36.8 Å². The standard InChI is InChI=1S/C12H17BrFNO2/c1-17-7-5-15(4-6-16)9-10-8-11(13)2-3-12(10)14/h2-3,8,16H,4-7,9H2,1H3. The molecule has 0 spiro atoms. The molecule has 1 N–H and O–H groups in total. The summed E-state index contributed by atoms with van der Waals surface area (Å²) in [5, 5.41) is 8.95. The third-order valence-corrected chi connectivity index (χ3v) is 2.92. The van der Waals surface area contributed by atoms with Crippen LogP contribution in [0.15, 0.2) is 22.7 Å². The largest absolute Gasteiger partial charge is 0.395 e. The number of hydrogen-bond acceptors (Lipinski definition) is 3. The smallest absolute Gasteiger partial charge is 0.127 e. The maximum atomic E-state index is 13.6. The molecule has 0 radical (unpaired) electrons. The van der Waals surface area contributed by atoms with E-state index >= 15 is 0 Å². The van der Waals surface area contributed by atoms with Gasteiger partial charge in [0.1, 0.15) is 5.82 Å². The van der Waals surface area contributed by atoms with Crippen molar-refractivity contribution in [3.05, 3.63) is 34.1 Å². The Labute approximate surface area is 109 Å². The maximum Gasteiger partial charge on any atom is 0.127 e. The monoisotopic (exact) mass is 305 g/mol. The minimum Gasteiger partial charge on any atom is -0.395 e. The van der Waals surface area contributed by atoms with Gasteiger partial charge < -0.3 is 9.84 Å². The Bertz CT molecular complexity index is 349. The molecule has 0 fully saturated rings. The molecule has 1 aromatic carbocycles. The second-order valence-electron chi connectivity index (χ2n) is 3.73. The van der Waals surface area contributed by atoms with Gasteiger partial charge in [-0.2, -0.15) is 0 Å². The van der Waals surface area contributed by atoms with Crippen LogP contribution in [0.5, 0.6) is 0 Å². The highest BCUT2D eigenvalue weighted by Gasteiger charge is 2.09. The number of aliphatic hydroxyl groups is 1. The van der Waals surface area contributed by atoms with Crippen molar-refractivity contribution in [2.45, 2.75) is 6.54 Å². The number of methoxy groups -OCH3 is 1. The summed E-state index contributed by atoms with van der Waals surface area (Å²) < 4.78 is 19.4. The normalized spacial score (nSPS) is 11.1. The summed E-state index contributed by atoms with van der Waals surface area (Å²) in [5.41, 5.74) is 0.615. The van der Waals surface area contributed by atoms with Gasteiger partial charge in [-0.15, -0.1) is 0 Å². The van der Waals surface area contributed by atoms with E-state index in [1.807, 2.05) is 4.90 Å². The van der Waals surface area contributed by atoms with Gasteiger partial charge in [-0.25, -0.2) is 4.39 Å². The van der Waals surface area contributed by atoms with Crippen LogP contribution in [0.3, 0.4) is 0 Å². The summed E-state index contributed by atoms with van der Waals surface area (Å²) in [6, 6.07) is 4.86. The molecular weight excluding hydrogens is 289 g/mol. The van der Waals surface area contributed by atoms with Crippen molar-refractivity contribution in [1.82, 2.24) is 4.90 Å². The molecule has 96 valence electrons. The van der Waals surface area contributed by atoms with Gasteiger partial charge >= 0.3 is 0 Å². The molecule has 1 rings (SSSR count). The number of nitrogens with zero attached hydrogens (tertiary/aromatic N) is 1. The Hall–Kier alpha value is -0.490. The van der Waals surface area contributed by atoms with Gasteiger partial charge in [-0.1, -0.05) is 15.9 Å². The Morgan fingerprint density at radius 3 is 2.82 bits per heavy atom. The van der Waals surface area contributed by atoms with Crippen molar-refractivity contribution in [1.29, 1.82) is 0 Å². The highest BCUT2D eigenvalue weighted by Crippen LogP contribution is 2.17. The van der Waals surface area contributed by atoms with Crippen molar-refractivity contribution in [3.8, 4) is 0 Å². The molecule has 0 aromatic heterocycles.